The van der Waals surface area contributed by atoms with Crippen LogP contribution in [0.2, 0.25) is 0 Å². The number of carbonyl (C=O) groups excluding carboxylic acids is 2. The lowest BCUT2D eigenvalue weighted by Crippen LogP contribution is -2.59. The van der Waals surface area contributed by atoms with Gasteiger partial charge in [0.05, 0.1) is 5.41 Å². The van der Waals surface area contributed by atoms with Gasteiger partial charge in [-0.2, -0.15) is 0 Å². The molecule has 19 heavy (non-hydrogen) atoms. The molecule has 4 rings (SSSR count). The quantitative estimate of drug-likeness (QED) is 0.723. The van der Waals surface area contributed by atoms with E-state index in [0.29, 0.717) is 6.42 Å². The molecule has 0 radical (unpaired) electrons. The molecule has 2 nitrogen and oxygen atoms in total. The molecule has 0 spiro atoms. The molecule has 0 saturated heterocycles. The van der Waals surface area contributed by atoms with Crippen LogP contribution in [0.25, 0.3) is 0 Å². The van der Waals surface area contributed by atoms with Gasteiger partial charge in [-0.3, -0.25) is 9.59 Å². The number of Topliss-reactive ketones (excluding diaryl/α,β-unsaturated/α-hetero) is 2. The molecule has 0 heterocycles. The number of ketones is 2. The summed E-state index contributed by atoms with van der Waals surface area (Å²) in [5.74, 6) is 2.62. The van der Waals surface area contributed by atoms with Gasteiger partial charge in [0.1, 0.15) is 11.6 Å². The highest BCUT2D eigenvalue weighted by Gasteiger charge is 2.63. The summed E-state index contributed by atoms with van der Waals surface area (Å²) in [6, 6.07) is 0. The normalized spacial score (nSPS) is 40.5. The Balaban J connectivity index is 2.07. The zero-order valence-corrected chi connectivity index (χ0v) is 12.5. The lowest BCUT2D eigenvalue weighted by atomic mass is 9.41. The van der Waals surface area contributed by atoms with E-state index in [0.717, 1.165) is 37.0 Å². The zero-order valence-electron chi connectivity index (χ0n) is 12.5. The van der Waals surface area contributed by atoms with Crippen LogP contribution in [-0.2, 0) is 9.59 Å². The number of hydrogen-bond donors (Lipinski definition) is 0. The molecular weight excluding hydrogens is 236 g/mol. The predicted octanol–water partition coefficient (Wildman–Crippen LogP) is 3.78. The maximum atomic E-state index is 12.4. The molecule has 0 aromatic carbocycles. The fraction of sp³-hybridized carbons (Fsp3) is 0.882. The third-order valence-electron chi connectivity index (χ3n) is 6.68. The van der Waals surface area contributed by atoms with E-state index in [2.05, 4.69) is 0 Å². The molecule has 0 atom stereocenters. The average Bonchev–Trinajstić information content (AvgIpc) is 2.26. The van der Waals surface area contributed by atoms with Crippen molar-refractivity contribution in [2.75, 3.05) is 0 Å². The van der Waals surface area contributed by atoms with Gasteiger partial charge in [0.2, 0.25) is 0 Å². The van der Waals surface area contributed by atoms with Crippen LogP contribution in [0.15, 0.2) is 0 Å². The molecule has 0 aliphatic heterocycles. The number of rotatable bonds is 4. The summed E-state index contributed by atoms with van der Waals surface area (Å²) in [5, 5.41) is 0. The first-order chi connectivity index (χ1) is 8.93. The van der Waals surface area contributed by atoms with Crippen LogP contribution in [0.5, 0.6) is 0 Å². The third-order valence-corrected chi connectivity index (χ3v) is 6.68. The first-order valence-electron chi connectivity index (χ1n) is 7.95. The van der Waals surface area contributed by atoms with Crippen molar-refractivity contribution >= 4 is 11.6 Å². The molecule has 0 N–H and O–H groups in total. The van der Waals surface area contributed by atoms with Gasteiger partial charge in [0, 0.05) is 0 Å². The van der Waals surface area contributed by atoms with E-state index >= 15 is 0 Å². The lowest BCUT2D eigenvalue weighted by molar-refractivity contribution is -0.169. The highest BCUT2D eigenvalue weighted by molar-refractivity contribution is 6.06. The van der Waals surface area contributed by atoms with Gasteiger partial charge in [-0.05, 0) is 82.0 Å². The van der Waals surface area contributed by atoms with E-state index in [1.54, 1.807) is 13.8 Å². The number of carbonyl (C=O) groups is 2. The highest BCUT2D eigenvalue weighted by Crippen LogP contribution is 2.67. The van der Waals surface area contributed by atoms with Gasteiger partial charge in [-0.25, -0.2) is 0 Å². The zero-order chi connectivity index (χ0) is 13.8. The van der Waals surface area contributed by atoms with Crippen molar-refractivity contribution in [2.45, 2.75) is 65.7 Å². The van der Waals surface area contributed by atoms with E-state index in [1.807, 2.05) is 6.92 Å². The standard InChI is InChI=1S/C17H26O2/c1-4-17(11(2)18,12(3)19)16-8-13-5-14(9-16)7-15(6-13)10-16/h13-15H,4-10H2,1-3H3. The minimum Gasteiger partial charge on any atom is -0.299 e. The van der Waals surface area contributed by atoms with Crippen LogP contribution in [0.1, 0.15) is 65.7 Å². The third kappa shape index (κ3) is 1.61. The Bertz CT molecular complexity index is 372. The first kappa shape index (κ1) is 13.3. The number of hydrogen-bond acceptors (Lipinski definition) is 2. The maximum absolute atomic E-state index is 12.4. The van der Waals surface area contributed by atoms with Gasteiger partial charge in [0.15, 0.2) is 0 Å². The van der Waals surface area contributed by atoms with Crippen molar-refractivity contribution in [3.8, 4) is 0 Å². The van der Waals surface area contributed by atoms with Gasteiger partial charge in [0.25, 0.3) is 0 Å². The van der Waals surface area contributed by atoms with Crippen molar-refractivity contribution in [2.24, 2.45) is 28.6 Å². The summed E-state index contributed by atoms with van der Waals surface area (Å²) in [6.45, 7) is 5.36. The van der Waals surface area contributed by atoms with Crippen molar-refractivity contribution in [1.82, 2.24) is 0 Å². The highest BCUT2D eigenvalue weighted by atomic mass is 16.2. The second-order valence-electron chi connectivity index (χ2n) is 7.57. The molecular formula is C17H26O2. The largest absolute Gasteiger partial charge is 0.299 e. The summed E-state index contributed by atoms with van der Waals surface area (Å²) in [7, 11) is 0. The summed E-state index contributed by atoms with van der Waals surface area (Å²) in [4.78, 5) is 24.9. The Hall–Kier alpha value is -0.660. The minimum atomic E-state index is -0.678. The molecule has 4 saturated carbocycles. The van der Waals surface area contributed by atoms with E-state index in [1.165, 1.54) is 19.3 Å². The van der Waals surface area contributed by atoms with Crippen LogP contribution < -0.4 is 0 Å². The summed E-state index contributed by atoms with van der Waals surface area (Å²) in [5.41, 5.74) is -0.669. The SMILES string of the molecule is CCC(C(C)=O)(C(C)=O)C12CC3CC(CC(C3)C1)C2. The Labute approximate surface area is 116 Å². The van der Waals surface area contributed by atoms with Gasteiger partial charge in [-0.15, -0.1) is 0 Å². The van der Waals surface area contributed by atoms with Crippen LogP contribution in [0, 0.1) is 28.6 Å². The molecule has 0 aromatic rings. The van der Waals surface area contributed by atoms with Crippen molar-refractivity contribution < 1.29 is 9.59 Å². The fourth-order valence-electron chi connectivity index (χ4n) is 6.50. The molecule has 4 fully saturated rings. The first-order valence-corrected chi connectivity index (χ1v) is 7.95. The Kier molecular flexibility index (Phi) is 2.92. The van der Waals surface area contributed by atoms with Crippen LogP contribution in [0.3, 0.4) is 0 Å². The molecule has 4 aliphatic rings. The van der Waals surface area contributed by atoms with Gasteiger partial charge >= 0.3 is 0 Å². The van der Waals surface area contributed by atoms with Crippen molar-refractivity contribution in [3.63, 3.8) is 0 Å². The lowest BCUT2D eigenvalue weighted by Gasteiger charge is -2.62. The van der Waals surface area contributed by atoms with E-state index in [-0.39, 0.29) is 17.0 Å². The second kappa shape index (κ2) is 4.17. The van der Waals surface area contributed by atoms with Crippen LogP contribution in [0.4, 0.5) is 0 Å². The monoisotopic (exact) mass is 262 g/mol. The van der Waals surface area contributed by atoms with Crippen molar-refractivity contribution in [3.05, 3.63) is 0 Å². The molecule has 4 aliphatic carbocycles. The van der Waals surface area contributed by atoms with Gasteiger partial charge < -0.3 is 0 Å². The summed E-state index contributed by atoms with van der Waals surface area (Å²) >= 11 is 0. The minimum absolute atomic E-state index is 0.00810. The molecule has 0 amide bonds. The van der Waals surface area contributed by atoms with E-state index < -0.39 is 5.41 Å². The predicted molar refractivity (Wildman–Crippen MR) is 74.7 cm³/mol. The maximum Gasteiger partial charge on any atom is 0.143 e. The van der Waals surface area contributed by atoms with Crippen LogP contribution in [-0.4, -0.2) is 11.6 Å². The molecule has 4 bridgehead atoms. The molecule has 0 aromatic heterocycles. The van der Waals surface area contributed by atoms with Crippen LogP contribution >= 0.6 is 0 Å². The van der Waals surface area contributed by atoms with E-state index in [4.69, 9.17) is 0 Å². The topological polar surface area (TPSA) is 34.1 Å². The average molecular weight is 262 g/mol. The van der Waals surface area contributed by atoms with Crippen molar-refractivity contribution in [1.29, 1.82) is 0 Å². The fourth-order valence-corrected chi connectivity index (χ4v) is 6.50. The molecule has 2 heteroatoms. The Morgan fingerprint density at radius 3 is 1.58 bits per heavy atom. The Morgan fingerprint density at radius 2 is 1.32 bits per heavy atom. The van der Waals surface area contributed by atoms with Gasteiger partial charge in [-0.1, -0.05) is 6.92 Å². The smallest absolute Gasteiger partial charge is 0.143 e. The summed E-state index contributed by atoms with van der Waals surface area (Å²) < 4.78 is 0. The second-order valence-corrected chi connectivity index (χ2v) is 7.57. The summed E-state index contributed by atoms with van der Waals surface area (Å²) in [6.07, 6.45) is 8.16. The Morgan fingerprint density at radius 1 is 0.947 bits per heavy atom. The van der Waals surface area contributed by atoms with E-state index in [9.17, 15) is 9.59 Å². The molecule has 106 valence electrons. The molecule has 0 unspecified atom stereocenters.